The third-order valence-electron chi connectivity index (χ3n) is 5.84. The average Bonchev–Trinajstić information content (AvgIpc) is 3.07. The Morgan fingerprint density at radius 2 is 1.78 bits per heavy atom. The fraction of sp³-hybridized carbons (Fsp3) is 0.500. The van der Waals surface area contributed by atoms with Gasteiger partial charge < -0.3 is 14.6 Å². The van der Waals surface area contributed by atoms with E-state index >= 15 is 0 Å². The fourth-order valence-corrected chi connectivity index (χ4v) is 4.24. The molecule has 4 rings (SSSR count). The summed E-state index contributed by atoms with van der Waals surface area (Å²) < 4.78 is 1.77. The molecular weight excluding hydrogens is 344 g/mol. The molecule has 1 aromatic carbocycles. The van der Waals surface area contributed by atoms with Gasteiger partial charge in [-0.05, 0) is 43.4 Å². The zero-order valence-electron chi connectivity index (χ0n) is 15.5. The summed E-state index contributed by atoms with van der Waals surface area (Å²) in [6.45, 7) is 2.12. The number of amides is 1. The van der Waals surface area contributed by atoms with E-state index in [-0.39, 0.29) is 19.0 Å². The van der Waals surface area contributed by atoms with Gasteiger partial charge in [-0.15, -0.1) is 10.2 Å². The molecule has 1 aliphatic heterocycles. The summed E-state index contributed by atoms with van der Waals surface area (Å²) >= 11 is 0. The number of nitrogens with zero attached hydrogens (tertiary/aromatic N) is 4. The maximum atomic E-state index is 13.0. The average molecular weight is 368 g/mol. The number of fused-ring (bicyclic) bond motifs is 1. The van der Waals surface area contributed by atoms with Crippen LogP contribution in [0.15, 0.2) is 24.3 Å². The summed E-state index contributed by atoms with van der Waals surface area (Å²) in [7, 11) is 0. The molecule has 27 heavy (non-hydrogen) atoms. The molecule has 1 saturated carbocycles. The van der Waals surface area contributed by atoms with E-state index in [1.165, 1.54) is 42.6 Å². The van der Waals surface area contributed by atoms with Gasteiger partial charge in [0, 0.05) is 5.56 Å². The maximum Gasteiger partial charge on any atom is 0.328 e. The monoisotopic (exact) mass is 368 g/mol. The van der Waals surface area contributed by atoms with Crippen molar-refractivity contribution in [1.82, 2.24) is 19.7 Å². The Morgan fingerprint density at radius 3 is 2.44 bits per heavy atom. The summed E-state index contributed by atoms with van der Waals surface area (Å²) in [6, 6.07) is 6.79. The molecule has 0 bridgehead atoms. The molecule has 1 unspecified atom stereocenters. The highest BCUT2D eigenvalue weighted by atomic mass is 16.4. The van der Waals surface area contributed by atoms with Gasteiger partial charge in [0.25, 0.3) is 5.91 Å². The lowest BCUT2D eigenvalue weighted by Gasteiger charge is -2.33. The molecule has 2 aromatic rings. The van der Waals surface area contributed by atoms with Crippen molar-refractivity contribution in [3.05, 3.63) is 47.0 Å². The molecule has 7 heteroatoms. The summed E-state index contributed by atoms with van der Waals surface area (Å²) in [5.41, 5.74) is 1.79. The Balaban J connectivity index is 1.56. The Labute approximate surface area is 158 Å². The maximum absolute atomic E-state index is 13.0. The summed E-state index contributed by atoms with van der Waals surface area (Å²) in [6.07, 6.45) is 6.24. The normalized spacial score (nSPS) is 20.3. The molecule has 142 valence electrons. The van der Waals surface area contributed by atoms with Gasteiger partial charge in [-0.25, -0.2) is 4.79 Å². The van der Waals surface area contributed by atoms with Crippen LogP contribution in [-0.2, 0) is 17.9 Å². The van der Waals surface area contributed by atoms with Crippen LogP contribution >= 0.6 is 0 Å². The van der Waals surface area contributed by atoms with Crippen molar-refractivity contribution in [2.45, 2.75) is 64.1 Å². The van der Waals surface area contributed by atoms with Crippen molar-refractivity contribution in [3.8, 4) is 0 Å². The highest BCUT2D eigenvalue weighted by Gasteiger charge is 2.36. The van der Waals surface area contributed by atoms with Gasteiger partial charge in [0.2, 0.25) is 0 Å². The standard InChI is InChI=1S/C20H24N4O3/c1-13-21-22-18-12-24(17(20(26)27)11-23(13)18)19(25)16-9-7-15(8-10-16)14-5-3-2-4-6-14/h7-10,14,17H,2-6,11-12H2,1H3,(H,26,27). The molecular formula is C20H24N4O3. The van der Waals surface area contributed by atoms with E-state index in [9.17, 15) is 14.7 Å². The van der Waals surface area contributed by atoms with Crippen molar-refractivity contribution in [2.24, 2.45) is 0 Å². The minimum atomic E-state index is -1.01. The summed E-state index contributed by atoms with van der Waals surface area (Å²) in [5.74, 6) is 0.578. The summed E-state index contributed by atoms with van der Waals surface area (Å²) in [4.78, 5) is 26.2. The van der Waals surface area contributed by atoms with Gasteiger partial charge in [-0.1, -0.05) is 31.4 Å². The first kappa shape index (κ1) is 17.7. The van der Waals surface area contributed by atoms with Crippen LogP contribution in [0.2, 0.25) is 0 Å². The first-order chi connectivity index (χ1) is 13.0. The molecule has 2 aliphatic rings. The number of benzene rings is 1. The lowest BCUT2D eigenvalue weighted by Crippen LogP contribution is -2.50. The SMILES string of the molecule is Cc1nnc2n1CC(C(=O)O)N(C(=O)c1ccc(C3CCCCC3)cc1)C2. The Morgan fingerprint density at radius 1 is 1.07 bits per heavy atom. The van der Waals surface area contributed by atoms with Crippen LogP contribution in [0, 0.1) is 6.92 Å². The minimum Gasteiger partial charge on any atom is -0.480 e. The van der Waals surface area contributed by atoms with E-state index in [0.29, 0.717) is 23.1 Å². The van der Waals surface area contributed by atoms with E-state index in [4.69, 9.17) is 0 Å². The highest BCUT2D eigenvalue weighted by molar-refractivity contribution is 5.96. The second-order valence-corrected chi connectivity index (χ2v) is 7.52. The number of hydrogen-bond donors (Lipinski definition) is 1. The zero-order valence-corrected chi connectivity index (χ0v) is 15.5. The van der Waals surface area contributed by atoms with Crippen molar-refractivity contribution >= 4 is 11.9 Å². The lowest BCUT2D eigenvalue weighted by atomic mass is 9.84. The Bertz CT molecular complexity index is 853. The number of aliphatic carboxylic acids is 1. The van der Waals surface area contributed by atoms with Crippen LogP contribution in [-0.4, -0.2) is 42.7 Å². The molecule has 0 radical (unpaired) electrons. The highest BCUT2D eigenvalue weighted by Crippen LogP contribution is 2.32. The molecule has 1 fully saturated rings. The predicted octanol–water partition coefficient (Wildman–Crippen LogP) is 2.74. The van der Waals surface area contributed by atoms with Gasteiger partial charge in [0.1, 0.15) is 11.9 Å². The number of rotatable bonds is 3. The van der Waals surface area contributed by atoms with Crippen LogP contribution in [0.1, 0.15) is 65.6 Å². The van der Waals surface area contributed by atoms with Gasteiger partial charge in [-0.2, -0.15) is 0 Å². The van der Waals surface area contributed by atoms with Crippen molar-refractivity contribution in [1.29, 1.82) is 0 Å². The van der Waals surface area contributed by atoms with Crippen LogP contribution in [0.4, 0.5) is 0 Å². The van der Waals surface area contributed by atoms with Crippen molar-refractivity contribution in [2.75, 3.05) is 0 Å². The second kappa shape index (κ2) is 7.13. The van der Waals surface area contributed by atoms with E-state index < -0.39 is 12.0 Å². The lowest BCUT2D eigenvalue weighted by molar-refractivity contribution is -0.143. The Kier molecular flexibility index (Phi) is 4.68. The smallest absolute Gasteiger partial charge is 0.328 e. The van der Waals surface area contributed by atoms with Gasteiger partial charge >= 0.3 is 5.97 Å². The molecule has 7 nitrogen and oxygen atoms in total. The molecule has 1 N–H and O–H groups in total. The number of carboxylic acid groups (broad SMARTS) is 1. The first-order valence-corrected chi connectivity index (χ1v) is 9.57. The second-order valence-electron chi connectivity index (χ2n) is 7.52. The van der Waals surface area contributed by atoms with Crippen molar-refractivity contribution in [3.63, 3.8) is 0 Å². The molecule has 2 heterocycles. The number of aromatic nitrogens is 3. The van der Waals surface area contributed by atoms with E-state index in [2.05, 4.69) is 10.2 Å². The van der Waals surface area contributed by atoms with Crippen LogP contribution in [0.3, 0.4) is 0 Å². The molecule has 1 atom stereocenters. The van der Waals surface area contributed by atoms with E-state index in [1.54, 1.807) is 11.5 Å². The third-order valence-corrected chi connectivity index (χ3v) is 5.84. The molecule has 1 aromatic heterocycles. The molecule has 0 spiro atoms. The topological polar surface area (TPSA) is 88.3 Å². The van der Waals surface area contributed by atoms with Crippen molar-refractivity contribution < 1.29 is 14.7 Å². The summed E-state index contributed by atoms with van der Waals surface area (Å²) in [5, 5.41) is 17.7. The van der Waals surface area contributed by atoms with Gasteiger partial charge in [0.05, 0.1) is 13.1 Å². The van der Waals surface area contributed by atoms with E-state index in [1.807, 2.05) is 24.3 Å². The quantitative estimate of drug-likeness (QED) is 0.900. The minimum absolute atomic E-state index is 0.154. The largest absolute Gasteiger partial charge is 0.480 e. The van der Waals surface area contributed by atoms with Crippen LogP contribution in [0.25, 0.3) is 0 Å². The van der Waals surface area contributed by atoms with E-state index in [0.717, 1.165) is 0 Å². The number of carbonyl (C=O) groups is 2. The number of hydrogen-bond acceptors (Lipinski definition) is 4. The fourth-order valence-electron chi connectivity index (χ4n) is 4.24. The molecule has 1 amide bonds. The predicted molar refractivity (Wildman–Crippen MR) is 98.3 cm³/mol. The molecule has 0 saturated heterocycles. The Hall–Kier alpha value is -2.70. The van der Waals surface area contributed by atoms with Crippen LogP contribution < -0.4 is 0 Å². The van der Waals surface area contributed by atoms with Crippen LogP contribution in [0.5, 0.6) is 0 Å². The first-order valence-electron chi connectivity index (χ1n) is 9.57. The number of carboxylic acids is 1. The zero-order chi connectivity index (χ0) is 19.0. The number of carbonyl (C=O) groups excluding carboxylic acids is 1. The van der Waals surface area contributed by atoms with Gasteiger partial charge in [0.15, 0.2) is 5.82 Å². The molecule has 1 aliphatic carbocycles. The third kappa shape index (κ3) is 3.34. The van der Waals surface area contributed by atoms with Gasteiger partial charge in [-0.3, -0.25) is 4.79 Å². The number of aryl methyl sites for hydroxylation is 1.